The summed E-state index contributed by atoms with van der Waals surface area (Å²) in [5.74, 6) is 0.662. The van der Waals surface area contributed by atoms with Gasteiger partial charge >= 0.3 is 0 Å². The summed E-state index contributed by atoms with van der Waals surface area (Å²) < 4.78 is 0. The van der Waals surface area contributed by atoms with E-state index in [2.05, 4.69) is 41.5 Å². The number of hydrogen-bond acceptors (Lipinski definition) is 3. The summed E-state index contributed by atoms with van der Waals surface area (Å²) in [5, 5.41) is 12.8. The molecule has 1 fully saturated rings. The van der Waals surface area contributed by atoms with Crippen molar-refractivity contribution in [2.75, 3.05) is 33.7 Å². The molecule has 0 bridgehead atoms. The van der Waals surface area contributed by atoms with Gasteiger partial charge in [-0.05, 0) is 44.1 Å². The van der Waals surface area contributed by atoms with Crippen molar-refractivity contribution >= 4 is 0 Å². The van der Waals surface area contributed by atoms with Gasteiger partial charge in [-0.2, -0.15) is 0 Å². The summed E-state index contributed by atoms with van der Waals surface area (Å²) in [6.07, 6.45) is 0.842. The first kappa shape index (κ1) is 12.6. The minimum Gasteiger partial charge on any atom is -0.387 e. The molecule has 2 atom stereocenters. The summed E-state index contributed by atoms with van der Waals surface area (Å²) >= 11 is 0. The van der Waals surface area contributed by atoms with E-state index < -0.39 is 6.10 Å². The van der Waals surface area contributed by atoms with Gasteiger partial charge in [0.05, 0.1) is 6.10 Å². The normalized spacial score (nSPS) is 22.9. The Hall–Kier alpha value is -0.900. The van der Waals surface area contributed by atoms with Crippen LogP contribution in [0.1, 0.15) is 29.6 Å². The summed E-state index contributed by atoms with van der Waals surface area (Å²) in [6.45, 7) is 2.94. The number of rotatable bonds is 4. The van der Waals surface area contributed by atoms with Crippen molar-refractivity contribution in [1.82, 2.24) is 10.2 Å². The molecule has 2 rings (SSSR count). The highest BCUT2D eigenvalue weighted by Crippen LogP contribution is 2.27. The van der Waals surface area contributed by atoms with E-state index in [1.807, 2.05) is 7.05 Å². The molecule has 0 aromatic heterocycles. The van der Waals surface area contributed by atoms with Crippen molar-refractivity contribution in [2.24, 2.45) is 0 Å². The third-order valence-corrected chi connectivity index (χ3v) is 3.58. The van der Waals surface area contributed by atoms with E-state index in [1.165, 1.54) is 18.5 Å². The van der Waals surface area contributed by atoms with Crippen LogP contribution < -0.4 is 5.32 Å². The molecule has 1 heterocycles. The fourth-order valence-corrected chi connectivity index (χ4v) is 2.51. The van der Waals surface area contributed by atoms with Gasteiger partial charge in [0.1, 0.15) is 0 Å². The van der Waals surface area contributed by atoms with Crippen LogP contribution in [0.15, 0.2) is 24.3 Å². The fraction of sp³-hybridized carbons (Fsp3) is 0.571. The molecule has 1 aliphatic rings. The lowest BCUT2D eigenvalue weighted by atomic mass is 9.96. The molecular weight excluding hydrogens is 212 g/mol. The average molecular weight is 234 g/mol. The quantitative estimate of drug-likeness (QED) is 0.825. The molecule has 1 aromatic carbocycles. The number of nitrogens with zero attached hydrogens (tertiary/aromatic N) is 1. The average Bonchev–Trinajstić information content (AvgIpc) is 2.76. The molecule has 2 unspecified atom stereocenters. The highest BCUT2D eigenvalue weighted by Gasteiger charge is 2.20. The Balaban J connectivity index is 2.02. The van der Waals surface area contributed by atoms with Crippen LogP contribution in [0.4, 0.5) is 0 Å². The van der Waals surface area contributed by atoms with Crippen LogP contribution in [0, 0.1) is 0 Å². The predicted molar refractivity (Wildman–Crippen MR) is 70.2 cm³/mol. The van der Waals surface area contributed by atoms with Gasteiger partial charge in [0.25, 0.3) is 0 Å². The zero-order valence-corrected chi connectivity index (χ0v) is 10.7. The molecule has 1 saturated heterocycles. The zero-order valence-electron chi connectivity index (χ0n) is 10.7. The van der Waals surface area contributed by atoms with Crippen LogP contribution in [-0.2, 0) is 0 Å². The minimum absolute atomic E-state index is 0.402. The Kier molecular flexibility index (Phi) is 4.15. The third kappa shape index (κ3) is 3.06. The molecule has 94 valence electrons. The van der Waals surface area contributed by atoms with Gasteiger partial charge in [0, 0.05) is 13.1 Å². The van der Waals surface area contributed by atoms with Crippen LogP contribution in [0.2, 0.25) is 0 Å². The van der Waals surface area contributed by atoms with Gasteiger partial charge < -0.3 is 15.3 Å². The Morgan fingerprint density at radius 1 is 1.41 bits per heavy atom. The van der Waals surface area contributed by atoms with E-state index in [9.17, 15) is 5.11 Å². The molecule has 1 aromatic rings. The summed E-state index contributed by atoms with van der Waals surface area (Å²) in [5.41, 5.74) is 2.39. The predicted octanol–water partition coefficient (Wildman–Crippen LogP) is 1.36. The molecule has 0 radical (unpaired) electrons. The maximum absolute atomic E-state index is 9.85. The van der Waals surface area contributed by atoms with E-state index in [0.29, 0.717) is 12.5 Å². The van der Waals surface area contributed by atoms with Crippen molar-refractivity contribution in [3.63, 3.8) is 0 Å². The highest BCUT2D eigenvalue weighted by atomic mass is 16.3. The summed E-state index contributed by atoms with van der Waals surface area (Å²) in [6, 6.07) is 8.43. The van der Waals surface area contributed by atoms with Crippen molar-refractivity contribution < 1.29 is 5.11 Å². The van der Waals surface area contributed by atoms with Crippen molar-refractivity contribution in [2.45, 2.75) is 18.4 Å². The number of likely N-dealkylation sites (tertiary alicyclic amines) is 1. The van der Waals surface area contributed by atoms with Crippen LogP contribution in [0.3, 0.4) is 0 Å². The molecular formula is C14H22N2O. The highest BCUT2D eigenvalue weighted by molar-refractivity contribution is 5.27. The number of benzene rings is 1. The molecule has 17 heavy (non-hydrogen) atoms. The van der Waals surface area contributed by atoms with Crippen LogP contribution in [-0.4, -0.2) is 43.7 Å². The lowest BCUT2D eigenvalue weighted by molar-refractivity contribution is 0.178. The Morgan fingerprint density at radius 2 is 2.12 bits per heavy atom. The lowest BCUT2D eigenvalue weighted by Gasteiger charge is -2.14. The first-order valence-corrected chi connectivity index (χ1v) is 6.31. The van der Waals surface area contributed by atoms with E-state index in [0.717, 1.165) is 12.1 Å². The van der Waals surface area contributed by atoms with Crippen LogP contribution in [0.5, 0.6) is 0 Å². The van der Waals surface area contributed by atoms with Crippen LogP contribution in [0.25, 0.3) is 0 Å². The largest absolute Gasteiger partial charge is 0.387 e. The molecule has 0 amide bonds. The standard InChI is InChI=1S/C14H22N2O/c1-15-9-14(17)12-5-3-11(4-6-12)13-7-8-16(2)10-13/h3-6,13-15,17H,7-10H2,1-2H3. The van der Waals surface area contributed by atoms with E-state index >= 15 is 0 Å². The second-order valence-electron chi connectivity index (χ2n) is 4.99. The van der Waals surface area contributed by atoms with E-state index in [4.69, 9.17) is 0 Å². The molecule has 0 saturated carbocycles. The zero-order chi connectivity index (χ0) is 12.3. The third-order valence-electron chi connectivity index (χ3n) is 3.58. The maximum atomic E-state index is 9.85. The van der Waals surface area contributed by atoms with Gasteiger partial charge in [-0.3, -0.25) is 0 Å². The van der Waals surface area contributed by atoms with Gasteiger partial charge in [-0.25, -0.2) is 0 Å². The molecule has 2 N–H and O–H groups in total. The fourth-order valence-electron chi connectivity index (χ4n) is 2.51. The molecule has 1 aliphatic heterocycles. The first-order valence-electron chi connectivity index (χ1n) is 6.31. The second kappa shape index (κ2) is 5.63. The van der Waals surface area contributed by atoms with Gasteiger partial charge in [0.15, 0.2) is 0 Å². The lowest BCUT2D eigenvalue weighted by Crippen LogP contribution is -2.16. The van der Waals surface area contributed by atoms with Gasteiger partial charge in [0.2, 0.25) is 0 Å². The van der Waals surface area contributed by atoms with E-state index in [-0.39, 0.29) is 0 Å². The number of aliphatic hydroxyl groups excluding tert-OH is 1. The molecule has 3 nitrogen and oxygen atoms in total. The number of nitrogens with one attached hydrogen (secondary N) is 1. The van der Waals surface area contributed by atoms with E-state index in [1.54, 1.807) is 0 Å². The summed E-state index contributed by atoms with van der Waals surface area (Å²) in [4.78, 5) is 2.37. The second-order valence-corrected chi connectivity index (χ2v) is 4.99. The Labute approximate surface area is 103 Å². The molecule has 0 spiro atoms. The van der Waals surface area contributed by atoms with Crippen LogP contribution >= 0.6 is 0 Å². The van der Waals surface area contributed by atoms with Crippen molar-refractivity contribution in [3.05, 3.63) is 35.4 Å². The van der Waals surface area contributed by atoms with Gasteiger partial charge in [-0.15, -0.1) is 0 Å². The number of likely N-dealkylation sites (N-methyl/N-ethyl adjacent to an activating group) is 2. The summed E-state index contributed by atoms with van der Waals surface area (Å²) in [7, 11) is 4.02. The van der Waals surface area contributed by atoms with Crippen molar-refractivity contribution in [1.29, 1.82) is 0 Å². The Morgan fingerprint density at radius 3 is 2.65 bits per heavy atom. The SMILES string of the molecule is CNCC(O)c1ccc(C2CCN(C)C2)cc1. The minimum atomic E-state index is -0.402. The van der Waals surface area contributed by atoms with Gasteiger partial charge in [-0.1, -0.05) is 24.3 Å². The molecule has 0 aliphatic carbocycles. The van der Waals surface area contributed by atoms with Crippen molar-refractivity contribution in [3.8, 4) is 0 Å². The number of hydrogen-bond donors (Lipinski definition) is 2. The Bertz CT molecular complexity index is 350. The first-order chi connectivity index (χ1) is 8.20. The monoisotopic (exact) mass is 234 g/mol. The topological polar surface area (TPSA) is 35.5 Å². The number of aliphatic hydroxyl groups is 1. The maximum Gasteiger partial charge on any atom is 0.0914 e. The molecule has 3 heteroatoms. The smallest absolute Gasteiger partial charge is 0.0914 e.